The predicted molar refractivity (Wildman–Crippen MR) is 77.0 cm³/mol. The van der Waals surface area contributed by atoms with Crippen molar-refractivity contribution in [3.63, 3.8) is 0 Å². The van der Waals surface area contributed by atoms with Crippen LogP contribution >= 0.6 is 0 Å². The lowest BCUT2D eigenvalue weighted by molar-refractivity contribution is -0.122. The molecule has 1 rings (SSSR count). The van der Waals surface area contributed by atoms with E-state index in [0.717, 1.165) is 30.4 Å². The Balaban J connectivity index is 2.21. The zero-order valence-corrected chi connectivity index (χ0v) is 12.7. The Kier molecular flexibility index (Phi) is 6.15. The molecule has 1 heterocycles. The molecule has 0 aliphatic carbocycles. The van der Waals surface area contributed by atoms with E-state index >= 15 is 0 Å². The molecule has 1 aromatic rings. The summed E-state index contributed by atoms with van der Waals surface area (Å²) in [6.07, 6.45) is 4.65. The molecule has 1 unspecified atom stereocenters. The van der Waals surface area contributed by atoms with Gasteiger partial charge in [-0.3, -0.25) is 9.89 Å². The van der Waals surface area contributed by atoms with Gasteiger partial charge >= 0.3 is 0 Å². The van der Waals surface area contributed by atoms with Crippen molar-refractivity contribution in [2.75, 3.05) is 18.6 Å². The number of aryl methyl sites for hydroxylation is 2. The van der Waals surface area contributed by atoms with E-state index in [9.17, 15) is 13.2 Å². The number of nitrogens with zero attached hydrogens (tertiary/aromatic N) is 1. The first-order chi connectivity index (χ1) is 9.29. The number of sulfone groups is 1. The summed E-state index contributed by atoms with van der Waals surface area (Å²) in [6.45, 7) is 2.46. The first-order valence-electron chi connectivity index (χ1n) is 6.49. The second-order valence-electron chi connectivity index (χ2n) is 4.94. The van der Waals surface area contributed by atoms with Gasteiger partial charge in [-0.15, -0.1) is 0 Å². The fourth-order valence-corrected chi connectivity index (χ4v) is 2.40. The van der Waals surface area contributed by atoms with Gasteiger partial charge in [0.15, 0.2) is 0 Å². The van der Waals surface area contributed by atoms with Gasteiger partial charge in [0.1, 0.15) is 9.84 Å². The van der Waals surface area contributed by atoms with E-state index < -0.39 is 15.9 Å². The molecule has 0 aliphatic heterocycles. The van der Waals surface area contributed by atoms with Gasteiger partial charge in [0.2, 0.25) is 5.91 Å². The number of rotatable bonds is 8. The van der Waals surface area contributed by atoms with Gasteiger partial charge in [-0.2, -0.15) is 5.10 Å². The van der Waals surface area contributed by atoms with Crippen LogP contribution in [0.5, 0.6) is 0 Å². The number of nitrogens with one attached hydrogen (secondary N) is 2. The lowest BCUT2D eigenvalue weighted by atomic mass is 10.1. The Hall–Kier alpha value is -1.41. The summed E-state index contributed by atoms with van der Waals surface area (Å²) in [4.78, 5) is 11.6. The number of carbonyl (C=O) groups excluding carboxylic acids is 1. The van der Waals surface area contributed by atoms with E-state index in [-0.39, 0.29) is 18.1 Å². The van der Waals surface area contributed by atoms with Crippen LogP contribution in [-0.2, 0) is 21.1 Å². The van der Waals surface area contributed by atoms with Gasteiger partial charge < -0.3 is 11.1 Å². The summed E-state index contributed by atoms with van der Waals surface area (Å²) in [5, 5.41) is 9.49. The lowest BCUT2D eigenvalue weighted by Gasteiger charge is -2.11. The third-order valence-corrected chi connectivity index (χ3v) is 3.97. The number of aromatic amines is 1. The average molecular weight is 302 g/mol. The molecule has 7 nitrogen and oxygen atoms in total. The van der Waals surface area contributed by atoms with Crippen LogP contribution in [0, 0.1) is 6.92 Å². The number of carbonyl (C=O) groups is 1. The molecule has 0 saturated heterocycles. The first kappa shape index (κ1) is 16.6. The van der Waals surface area contributed by atoms with Crippen LogP contribution in [0.3, 0.4) is 0 Å². The molecule has 0 saturated carbocycles. The first-order valence-corrected chi connectivity index (χ1v) is 8.55. The molecule has 4 N–H and O–H groups in total. The van der Waals surface area contributed by atoms with Crippen LogP contribution in [-0.4, -0.2) is 49.1 Å². The van der Waals surface area contributed by atoms with E-state index in [2.05, 4.69) is 15.5 Å². The highest BCUT2D eigenvalue weighted by Crippen LogP contribution is 2.05. The molecule has 0 radical (unpaired) electrons. The molecule has 0 aromatic carbocycles. The zero-order valence-electron chi connectivity index (χ0n) is 11.8. The largest absolute Gasteiger partial charge is 0.355 e. The highest BCUT2D eigenvalue weighted by Gasteiger charge is 2.15. The van der Waals surface area contributed by atoms with Crippen LogP contribution in [0.15, 0.2) is 6.20 Å². The van der Waals surface area contributed by atoms with Gasteiger partial charge in [-0.05, 0) is 31.7 Å². The van der Waals surface area contributed by atoms with E-state index in [0.29, 0.717) is 6.54 Å². The Labute approximate surface area is 119 Å². The molecular formula is C12H22N4O3S. The number of amides is 1. The minimum absolute atomic E-state index is 0.0736. The molecular weight excluding hydrogens is 280 g/mol. The van der Waals surface area contributed by atoms with Crippen LogP contribution in [0.1, 0.15) is 24.1 Å². The smallest absolute Gasteiger partial charge is 0.236 e. The number of hydrogen-bond acceptors (Lipinski definition) is 5. The van der Waals surface area contributed by atoms with Crippen molar-refractivity contribution in [3.05, 3.63) is 17.5 Å². The topological polar surface area (TPSA) is 118 Å². The zero-order chi connectivity index (χ0) is 15.2. The molecule has 1 aromatic heterocycles. The summed E-state index contributed by atoms with van der Waals surface area (Å²) in [5.41, 5.74) is 7.79. The maximum absolute atomic E-state index is 11.6. The SMILES string of the molecule is Cc1[nH]ncc1CCCNC(=O)C(N)CCS(C)(=O)=O. The molecule has 0 bridgehead atoms. The molecule has 8 heteroatoms. The molecule has 0 fully saturated rings. The molecule has 1 atom stereocenters. The fourth-order valence-electron chi connectivity index (χ4n) is 1.72. The fraction of sp³-hybridized carbons (Fsp3) is 0.667. The minimum atomic E-state index is -3.08. The maximum Gasteiger partial charge on any atom is 0.236 e. The Morgan fingerprint density at radius 3 is 2.80 bits per heavy atom. The summed E-state index contributed by atoms with van der Waals surface area (Å²) in [6, 6.07) is -0.777. The molecule has 1 amide bonds. The summed E-state index contributed by atoms with van der Waals surface area (Å²) >= 11 is 0. The van der Waals surface area contributed by atoms with E-state index in [4.69, 9.17) is 5.73 Å². The normalized spacial score (nSPS) is 13.2. The number of nitrogens with two attached hydrogens (primary N) is 1. The van der Waals surface area contributed by atoms with Crippen LogP contribution in [0.2, 0.25) is 0 Å². The van der Waals surface area contributed by atoms with Crippen LogP contribution in [0.4, 0.5) is 0 Å². The molecule has 20 heavy (non-hydrogen) atoms. The highest BCUT2D eigenvalue weighted by molar-refractivity contribution is 7.90. The highest BCUT2D eigenvalue weighted by atomic mass is 32.2. The van der Waals surface area contributed by atoms with Gasteiger partial charge in [0.05, 0.1) is 18.0 Å². The Morgan fingerprint density at radius 2 is 2.25 bits per heavy atom. The van der Waals surface area contributed by atoms with E-state index in [1.165, 1.54) is 0 Å². The standard InChI is InChI=1S/C12H22N4O3S/c1-9-10(8-15-16-9)4-3-6-14-12(17)11(13)5-7-20(2,18)19/h8,11H,3-7,13H2,1-2H3,(H,14,17)(H,15,16). The molecule has 0 spiro atoms. The minimum Gasteiger partial charge on any atom is -0.355 e. The van der Waals surface area contributed by atoms with Crippen molar-refractivity contribution >= 4 is 15.7 Å². The third kappa shape index (κ3) is 6.16. The number of H-pyrrole nitrogens is 1. The van der Waals surface area contributed by atoms with Gasteiger partial charge in [-0.25, -0.2) is 8.42 Å². The van der Waals surface area contributed by atoms with Crippen molar-refractivity contribution in [2.45, 2.75) is 32.2 Å². The molecule has 114 valence electrons. The number of hydrogen-bond donors (Lipinski definition) is 3. The average Bonchev–Trinajstić information content (AvgIpc) is 2.76. The molecule has 0 aliphatic rings. The Bertz CT molecular complexity index is 539. The van der Waals surface area contributed by atoms with Crippen molar-refractivity contribution in [3.8, 4) is 0 Å². The van der Waals surface area contributed by atoms with Gasteiger partial charge in [0.25, 0.3) is 0 Å². The quantitative estimate of drug-likeness (QED) is 0.561. The van der Waals surface area contributed by atoms with E-state index in [1.54, 1.807) is 6.20 Å². The summed E-state index contributed by atoms with van der Waals surface area (Å²) < 4.78 is 22.0. The van der Waals surface area contributed by atoms with Crippen LogP contribution in [0.25, 0.3) is 0 Å². The predicted octanol–water partition coefficient (Wildman–Crippen LogP) is -0.471. The monoisotopic (exact) mass is 302 g/mol. The maximum atomic E-state index is 11.6. The second-order valence-corrected chi connectivity index (χ2v) is 7.20. The van der Waals surface area contributed by atoms with Crippen molar-refractivity contribution in [1.29, 1.82) is 0 Å². The summed E-state index contributed by atoms with van der Waals surface area (Å²) in [7, 11) is -3.08. The van der Waals surface area contributed by atoms with E-state index in [1.807, 2.05) is 6.92 Å². The van der Waals surface area contributed by atoms with Crippen LogP contribution < -0.4 is 11.1 Å². The third-order valence-electron chi connectivity index (χ3n) is 2.99. The summed E-state index contributed by atoms with van der Waals surface area (Å²) in [5.74, 6) is -0.381. The Morgan fingerprint density at radius 1 is 1.55 bits per heavy atom. The van der Waals surface area contributed by atoms with Crippen molar-refractivity contribution < 1.29 is 13.2 Å². The van der Waals surface area contributed by atoms with Gasteiger partial charge in [-0.1, -0.05) is 0 Å². The lowest BCUT2D eigenvalue weighted by Crippen LogP contribution is -2.42. The van der Waals surface area contributed by atoms with Gasteiger partial charge in [0, 0.05) is 18.5 Å². The number of aromatic nitrogens is 2. The van der Waals surface area contributed by atoms with Crippen molar-refractivity contribution in [2.24, 2.45) is 5.73 Å². The van der Waals surface area contributed by atoms with Crippen molar-refractivity contribution in [1.82, 2.24) is 15.5 Å². The second kappa shape index (κ2) is 7.39.